The molecule has 2 atom stereocenters. The van der Waals surface area contributed by atoms with Crippen LogP contribution < -0.4 is 16.6 Å². The summed E-state index contributed by atoms with van der Waals surface area (Å²) in [5, 5.41) is 58.3. The number of hydrogen-bond acceptors (Lipinski definition) is 17. The lowest BCUT2D eigenvalue weighted by Crippen LogP contribution is -2.71. The van der Waals surface area contributed by atoms with E-state index in [1.165, 1.54) is 40.1 Å². The van der Waals surface area contributed by atoms with Gasteiger partial charge in [-0.25, -0.2) is 29.4 Å². The average molecular weight is 778 g/mol. The van der Waals surface area contributed by atoms with Crippen LogP contribution in [0.2, 0.25) is 0 Å². The standard InChI is InChI=1S/C28H25N9O11S3.H2O/c1-10-2-18(37-17(30-10)5-35(34-37)28(46)47)49-7-12-8-50-24-20(23(41)36(24)21(12)26(44)45)32-22(40)19(14-9-51-27(29)31-14)33-48-6-11-3-15(38)16(39)4-13(11)25(42)43;/h2-5,9,20,24,34,38-39H,6-8H2,1H3,(H2,29,31)(H,32,40)(H,42,43)(H,44,45)(H,46,47);1H2/b33-19-;/t20-,24-;/m1./s1. The van der Waals surface area contributed by atoms with Crippen LogP contribution in [-0.4, -0.2) is 115 Å². The summed E-state index contributed by atoms with van der Waals surface area (Å²) in [4.78, 5) is 77.1. The third kappa shape index (κ3) is 7.17. The smallest absolute Gasteiger partial charge is 0.427 e. The Balaban J connectivity index is 0.00000523. The van der Waals surface area contributed by atoms with E-state index in [0.29, 0.717) is 22.1 Å². The average Bonchev–Trinajstić information content (AvgIpc) is 3.71. The molecule has 6 rings (SSSR count). The van der Waals surface area contributed by atoms with Crippen molar-refractivity contribution in [3.63, 3.8) is 0 Å². The van der Waals surface area contributed by atoms with E-state index in [1.807, 2.05) is 0 Å². The second-order valence-corrected chi connectivity index (χ2v) is 13.8. The summed E-state index contributed by atoms with van der Waals surface area (Å²) in [6, 6.07) is 0.621. The summed E-state index contributed by atoms with van der Waals surface area (Å²) in [5.74, 6) is -5.05. The van der Waals surface area contributed by atoms with E-state index >= 15 is 0 Å². The molecule has 1 aromatic heterocycles. The van der Waals surface area contributed by atoms with Gasteiger partial charge in [0.05, 0.1) is 16.8 Å². The highest BCUT2D eigenvalue weighted by Gasteiger charge is 2.54. The van der Waals surface area contributed by atoms with Crippen molar-refractivity contribution in [2.45, 2.75) is 24.9 Å². The van der Waals surface area contributed by atoms with Crippen LogP contribution in [0.3, 0.4) is 0 Å². The number of aromatic carboxylic acids is 1. The van der Waals surface area contributed by atoms with E-state index < -0.39 is 70.6 Å². The summed E-state index contributed by atoms with van der Waals surface area (Å²) in [6.07, 6.45) is 1.72. The number of carboxylic acid groups (broad SMARTS) is 3. The summed E-state index contributed by atoms with van der Waals surface area (Å²) >= 11 is 3.41. The Bertz CT molecular complexity index is 2050. The lowest BCUT2D eigenvalue weighted by Gasteiger charge is -2.49. The number of amides is 3. The fraction of sp³-hybridized carbons (Fsp3) is 0.214. The van der Waals surface area contributed by atoms with Gasteiger partial charge in [-0.2, -0.15) is 5.01 Å². The van der Waals surface area contributed by atoms with E-state index in [4.69, 9.17) is 10.6 Å². The van der Waals surface area contributed by atoms with E-state index in [2.05, 4.69) is 26.0 Å². The van der Waals surface area contributed by atoms with Gasteiger partial charge in [0, 0.05) is 28.2 Å². The van der Waals surface area contributed by atoms with Crippen LogP contribution in [-0.2, 0) is 25.8 Å². The number of β-lactam (4-membered cyclic amide) rings is 1. The van der Waals surface area contributed by atoms with Crippen LogP contribution >= 0.6 is 34.9 Å². The van der Waals surface area contributed by atoms with Crippen LogP contribution in [0.15, 0.2) is 62.1 Å². The second-order valence-electron chi connectivity index (χ2n) is 10.8. The molecule has 21 nitrogen and oxygen atoms in total. The van der Waals surface area contributed by atoms with Gasteiger partial charge in [-0.15, -0.1) is 40.4 Å². The largest absolute Gasteiger partial charge is 0.504 e. The molecule has 1 aromatic carbocycles. The molecule has 1 saturated heterocycles. The normalized spacial score (nSPS) is 19.4. The number of aromatic hydroxyl groups is 2. The van der Waals surface area contributed by atoms with Crippen molar-refractivity contribution in [3.05, 3.63) is 68.7 Å². The molecule has 0 spiro atoms. The first kappa shape index (κ1) is 37.4. The van der Waals surface area contributed by atoms with Crippen molar-refractivity contribution >= 4 is 81.3 Å². The van der Waals surface area contributed by atoms with Crippen LogP contribution in [0.25, 0.3) is 0 Å². The number of carbonyl (C=O) groups is 5. The Kier molecular flexibility index (Phi) is 10.7. The predicted molar refractivity (Wildman–Crippen MR) is 184 cm³/mol. The minimum Gasteiger partial charge on any atom is -0.504 e. The predicted octanol–water partition coefficient (Wildman–Crippen LogP) is 0.233. The zero-order valence-electron chi connectivity index (χ0n) is 26.3. The van der Waals surface area contributed by atoms with Crippen LogP contribution in [0.4, 0.5) is 9.93 Å². The molecule has 11 N–H and O–H groups in total. The molecule has 1 fully saturated rings. The number of allylic oxidation sites excluding steroid dienone is 1. The van der Waals surface area contributed by atoms with Crippen molar-refractivity contribution < 1.29 is 59.8 Å². The molecule has 3 amide bonds. The summed E-state index contributed by atoms with van der Waals surface area (Å²) < 4.78 is 0. The topological polar surface area (TPSA) is 325 Å². The number of benzene rings is 1. The first-order valence-electron chi connectivity index (χ1n) is 14.3. The zero-order valence-corrected chi connectivity index (χ0v) is 28.8. The Morgan fingerprint density at radius 1 is 1.17 bits per heavy atom. The number of aliphatic carboxylic acids is 1. The van der Waals surface area contributed by atoms with Gasteiger partial charge >= 0.3 is 18.0 Å². The highest BCUT2D eigenvalue weighted by atomic mass is 32.2. The first-order chi connectivity index (χ1) is 24.2. The summed E-state index contributed by atoms with van der Waals surface area (Å²) in [7, 11) is 0. The number of fused-ring (bicyclic) bond motifs is 2. The third-order valence-corrected chi connectivity index (χ3v) is 10.6. The number of nitrogens with one attached hydrogen (secondary N) is 2. The number of carboxylic acids is 2. The minimum atomic E-state index is -1.43. The van der Waals surface area contributed by atoms with Crippen molar-refractivity contribution in [2.24, 2.45) is 10.1 Å². The molecule has 0 aliphatic carbocycles. The lowest BCUT2D eigenvalue weighted by molar-refractivity contribution is -0.150. The van der Waals surface area contributed by atoms with E-state index in [0.717, 1.165) is 33.4 Å². The Hall–Kier alpha value is -5.82. The third-order valence-electron chi connectivity index (χ3n) is 7.45. The second kappa shape index (κ2) is 14.8. The van der Waals surface area contributed by atoms with Crippen LogP contribution in [0, 0.1) is 0 Å². The number of aliphatic imine (C=N–C) groups is 1. The van der Waals surface area contributed by atoms with E-state index in [-0.39, 0.29) is 39.1 Å². The van der Waals surface area contributed by atoms with Gasteiger partial charge in [-0.3, -0.25) is 14.5 Å². The maximum Gasteiger partial charge on any atom is 0.427 e. The van der Waals surface area contributed by atoms with Crippen LogP contribution in [0.5, 0.6) is 11.5 Å². The fourth-order valence-electron chi connectivity index (χ4n) is 5.13. The number of hydrazine groups is 2. The number of nitrogen functional groups attached to an aromatic ring is 1. The van der Waals surface area contributed by atoms with Crippen LogP contribution in [0.1, 0.15) is 28.5 Å². The Morgan fingerprint density at radius 3 is 2.56 bits per heavy atom. The SMILES string of the molecule is CC1=NC2=CN(C(=O)O)NN2C(SCC2=C(C(=O)O)N3C(=O)[C@@H](NC(=O)/C(=N\OCc4cc(O)c(O)cc4C(=O)O)c4csc(N)n4)[C@H]3SC2)=C1.O. The lowest BCUT2D eigenvalue weighted by atomic mass is 10.0. The van der Waals surface area contributed by atoms with Gasteiger partial charge in [-0.1, -0.05) is 5.16 Å². The number of oxime groups is 1. The van der Waals surface area contributed by atoms with E-state index in [1.54, 1.807) is 13.0 Å². The number of thiazole rings is 1. The minimum absolute atomic E-state index is 0. The number of carbonyl (C=O) groups excluding carboxylic acids is 2. The van der Waals surface area contributed by atoms with Gasteiger partial charge in [-0.05, 0) is 30.7 Å². The molecule has 0 unspecified atom stereocenters. The molecule has 0 radical (unpaired) electrons. The number of anilines is 1. The van der Waals surface area contributed by atoms with Gasteiger partial charge in [0.1, 0.15) is 29.4 Å². The number of phenols is 2. The number of phenolic OH excluding ortho intramolecular Hbond substituents is 2. The molecule has 274 valence electrons. The molecular formula is C28H27N9O12S3. The quantitative estimate of drug-likeness (QED) is 0.0655. The zero-order chi connectivity index (χ0) is 36.7. The highest BCUT2D eigenvalue weighted by Crippen LogP contribution is 2.42. The molecule has 5 heterocycles. The number of hydrogen-bond donors (Lipinski definition) is 8. The van der Waals surface area contributed by atoms with Gasteiger partial charge in [0.25, 0.3) is 11.8 Å². The number of thioether (sulfide) groups is 2. The number of nitrogens with two attached hydrogens (primary N) is 1. The number of aromatic nitrogens is 1. The maximum absolute atomic E-state index is 13.5. The fourth-order valence-corrected chi connectivity index (χ4v) is 8.23. The van der Waals surface area contributed by atoms with Gasteiger partial charge < -0.3 is 46.9 Å². The van der Waals surface area contributed by atoms with Crippen molar-refractivity contribution in [2.75, 3.05) is 17.2 Å². The van der Waals surface area contributed by atoms with Crippen molar-refractivity contribution in [1.29, 1.82) is 0 Å². The molecule has 0 bridgehead atoms. The molecular weight excluding hydrogens is 751 g/mol. The number of rotatable bonds is 11. The maximum atomic E-state index is 13.5. The highest BCUT2D eigenvalue weighted by molar-refractivity contribution is 8.03. The molecule has 52 heavy (non-hydrogen) atoms. The van der Waals surface area contributed by atoms with Crippen molar-refractivity contribution in [3.8, 4) is 11.5 Å². The molecule has 0 saturated carbocycles. The molecule has 4 aliphatic heterocycles. The summed E-state index contributed by atoms with van der Waals surface area (Å²) in [5.41, 5.74) is 8.25. The Labute approximate surface area is 303 Å². The van der Waals surface area contributed by atoms with Crippen molar-refractivity contribution in [1.82, 2.24) is 30.8 Å². The van der Waals surface area contributed by atoms with E-state index in [9.17, 15) is 49.5 Å². The summed E-state index contributed by atoms with van der Waals surface area (Å²) in [6.45, 7) is 1.17. The van der Waals surface area contributed by atoms with Gasteiger partial charge in [0.2, 0.25) is 0 Å². The number of nitrogens with zero attached hydrogens (tertiary/aromatic N) is 6. The molecule has 24 heteroatoms. The molecule has 4 aliphatic rings. The molecule has 2 aromatic rings. The monoisotopic (exact) mass is 777 g/mol. The van der Waals surface area contributed by atoms with Gasteiger partial charge in [0.15, 0.2) is 28.2 Å². The first-order valence-corrected chi connectivity index (χ1v) is 17.3. The Morgan fingerprint density at radius 2 is 1.90 bits per heavy atom.